The summed E-state index contributed by atoms with van der Waals surface area (Å²) in [6, 6.07) is 0. The molecule has 6 aliphatic rings. The van der Waals surface area contributed by atoms with Gasteiger partial charge in [-0.15, -0.1) is 0 Å². The van der Waals surface area contributed by atoms with Gasteiger partial charge in [-0.1, -0.05) is 53.9 Å². The van der Waals surface area contributed by atoms with Crippen LogP contribution >= 0.6 is 0 Å². The summed E-state index contributed by atoms with van der Waals surface area (Å²) in [5.41, 5.74) is -0.133. The topological polar surface area (TPSA) is 502 Å². The van der Waals surface area contributed by atoms with E-state index in [0.717, 1.165) is 51.4 Å². The van der Waals surface area contributed by atoms with Gasteiger partial charge >= 0.3 is 0 Å². The van der Waals surface area contributed by atoms with Crippen molar-refractivity contribution in [2.24, 2.45) is 52.3 Å². The van der Waals surface area contributed by atoms with Crippen LogP contribution in [0.15, 0.2) is 0 Å². The Morgan fingerprint density at radius 3 is 1.40 bits per heavy atom. The van der Waals surface area contributed by atoms with E-state index in [-0.39, 0.29) is 35.5 Å². The lowest BCUT2D eigenvalue weighted by atomic mass is 9.44. The second kappa shape index (κ2) is 24.5. The first-order valence-corrected chi connectivity index (χ1v) is 33.8. The second-order valence-corrected chi connectivity index (χ2v) is 28.8. The lowest BCUT2D eigenvalue weighted by molar-refractivity contribution is -0.353. The van der Waals surface area contributed by atoms with E-state index in [4.69, 9.17) is 18.9 Å². The lowest BCUT2D eigenvalue weighted by Gasteiger charge is -2.61. The molecule has 32 nitrogen and oxygen atoms in total. The van der Waals surface area contributed by atoms with Gasteiger partial charge in [0.1, 0.15) is 36.6 Å². The minimum absolute atomic E-state index is 0.0983. The predicted octanol–water partition coefficient (Wildman–Crippen LogP) is -0.491. The van der Waals surface area contributed by atoms with Crippen LogP contribution in [0.25, 0.3) is 0 Å². The summed E-state index contributed by atoms with van der Waals surface area (Å²) in [5.74, 6) is 2.79. The molecule has 2 saturated heterocycles. The Kier molecular flexibility index (Phi) is 20.7. The highest BCUT2D eigenvalue weighted by Crippen LogP contribution is 2.68. The zero-order valence-corrected chi connectivity index (χ0v) is 47.9. The molecule has 0 spiro atoms. The van der Waals surface area contributed by atoms with Crippen molar-refractivity contribution in [2.45, 2.75) is 179 Å². The smallest absolute Gasteiger partial charge is 0.218 e. The fourth-order valence-corrected chi connectivity index (χ4v) is 16.7. The van der Waals surface area contributed by atoms with E-state index >= 15 is 0 Å². The van der Waals surface area contributed by atoms with Gasteiger partial charge in [-0.2, -0.15) is 0 Å². The zero-order valence-electron chi connectivity index (χ0n) is 42.2. The molecule has 0 radical (unpaired) electrons. The first-order chi connectivity index (χ1) is 35.4. The van der Waals surface area contributed by atoms with Crippen molar-refractivity contribution in [1.82, 2.24) is 0 Å². The van der Waals surface area contributed by atoms with E-state index in [1.54, 1.807) is 0 Å². The van der Waals surface area contributed by atoms with Crippen LogP contribution in [-0.4, -0.2) is 172 Å². The normalized spacial score (nSPS) is 38.8. The Morgan fingerprint density at radius 1 is 0.474 bits per heavy atom. The predicted molar refractivity (Wildman–Crippen MR) is 244 cm³/mol. The summed E-state index contributed by atoms with van der Waals surface area (Å²) < 4.78 is 305. The van der Waals surface area contributed by atoms with Gasteiger partial charge in [-0.3, -0.25) is 29.3 Å². The average Bonchev–Trinajstić information content (AvgIpc) is 3.61. The quantitative estimate of drug-likeness (QED) is 0.0632. The van der Waals surface area contributed by atoms with Crippen molar-refractivity contribution in [3.8, 4) is 0 Å². The maximum Gasteiger partial charge on any atom is 0.218 e. The van der Waals surface area contributed by atoms with Crippen molar-refractivity contribution in [3.05, 3.63) is 0 Å². The highest BCUT2D eigenvalue weighted by Gasteiger charge is 2.62. The van der Waals surface area contributed by atoms with Crippen molar-refractivity contribution in [1.29, 1.82) is 0 Å². The number of rotatable bonds is 25. The fourth-order valence-electron chi connectivity index (χ4n) is 13.6. The molecule has 19 atom stereocenters. The van der Waals surface area contributed by atoms with E-state index in [9.17, 15) is 90.8 Å². The summed E-state index contributed by atoms with van der Waals surface area (Å²) >= 11 is 0. The van der Waals surface area contributed by atoms with Gasteiger partial charge in [0, 0.05) is 0 Å². The summed E-state index contributed by atoms with van der Waals surface area (Å²) in [6.07, 6.45) is -21.7. The molecule has 6 rings (SSSR count). The Hall–Kier alpha value is -1.07. The molecule has 39 heteroatoms. The van der Waals surface area contributed by atoms with E-state index in [1.165, 1.54) is 0 Å². The van der Waals surface area contributed by atoms with Crippen LogP contribution in [0.3, 0.4) is 0 Å². The average molecular weight is 1270 g/mol. The number of fused-ring (bicyclic) bond motifs is 5. The minimum Gasteiger partial charge on any atom is -0.726 e. The van der Waals surface area contributed by atoms with Crippen molar-refractivity contribution in [2.75, 3.05) is 13.2 Å². The SMILES string of the molecule is CC(C)CCC[C@@H](C)[C@H]1CC[C@H]2[C@@H]3CC[C@H]4C[C@@H](O[C@@H]5O[C@H](COS(=O)(=O)[O-])[C@@H](O[C@@H]6O[C@H](COS(=O)(=O)[O-])[C@@H](OS(=O)(=O)[O-])[C@H](OS(=O)(=O)[O-])[C@H]6OS(=O)(=O)[O-])[C@H](OS(=O)(=O)[O-])[C@H]5OS(=O)(=O)[O-])CC[C@]4(C)[C@H]3CC[C@]12C. The minimum atomic E-state index is -6.45. The molecule has 458 valence electrons. The highest BCUT2D eigenvalue weighted by molar-refractivity contribution is 7.82. The molecular weight excluding hydrogens is 1200 g/mol. The monoisotopic (exact) mass is 1270 g/mol. The molecule has 0 bridgehead atoms. The van der Waals surface area contributed by atoms with Crippen LogP contribution < -0.4 is 0 Å². The number of ether oxygens (including phenoxy) is 4. The van der Waals surface area contributed by atoms with Gasteiger partial charge in [-0.05, 0) is 110 Å². The summed E-state index contributed by atoms with van der Waals surface area (Å²) in [5, 5.41) is 0. The van der Waals surface area contributed by atoms with Crippen LogP contribution in [0.1, 0.15) is 112 Å². The molecule has 2 aliphatic heterocycles. The third kappa shape index (κ3) is 17.7. The van der Waals surface area contributed by atoms with Gasteiger partial charge in [0.25, 0.3) is 0 Å². The van der Waals surface area contributed by atoms with E-state index in [0.29, 0.717) is 42.4 Å². The molecule has 4 saturated carbocycles. The van der Waals surface area contributed by atoms with Gasteiger partial charge in [0.2, 0.25) is 72.8 Å². The summed E-state index contributed by atoms with van der Waals surface area (Å²) in [7, 11) is -43.7. The van der Waals surface area contributed by atoms with Crippen molar-refractivity contribution in [3.63, 3.8) is 0 Å². The van der Waals surface area contributed by atoms with Crippen molar-refractivity contribution >= 4 is 72.8 Å². The van der Waals surface area contributed by atoms with Crippen LogP contribution in [0.2, 0.25) is 0 Å². The van der Waals surface area contributed by atoms with Crippen molar-refractivity contribution < 1.29 is 139 Å². The first kappa shape index (κ1) is 66.1. The Balaban J connectivity index is 1.35. The molecule has 0 aromatic carbocycles. The maximum absolute atomic E-state index is 12.5. The largest absolute Gasteiger partial charge is 0.726 e. The Labute approximate surface area is 454 Å². The molecule has 6 fully saturated rings. The lowest BCUT2D eigenvalue weighted by Crippen LogP contribution is -2.67. The molecule has 2 heterocycles. The molecular formula is C39H61O32S7-7. The Bertz CT molecular complexity index is 2910. The van der Waals surface area contributed by atoms with Gasteiger partial charge in [0.05, 0.1) is 19.3 Å². The fraction of sp³-hybridized carbons (Fsp3) is 1.00. The van der Waals surface area contributed by atoms with Gasteiger partial charge in [0.15, 0.2) is 24.8 Å². The van der Waals surface area contributed by atoms with Crippen LogP contribution in [0.5, 0.6) is 0 Å². The van der Waals surface area contributed by atoms with E-state index < -0.39 is 154 Å². The molecule has 0 amide bonds. The van der Waals surface area contributed by atoms with Gasteiger partial charge < -0.3 is 50.8 Å². The first-order valence-electron chi connectivity index (χ1n) is 24.5. The van der Waals surface area contributed by atoms with Crippen LogP contribution in [-0.2, 0) is 121 Å². The summed E-state index contributed by atoms with van der Waals surface area (Å²) in [6.45, 7) is 7.63. The molecule has 0 aromatic heterocycles. The van der Waals surface area contributed by atoms with Crippen LogP contribution in [0.4, 0.5) is 0 Å². The molecule has 0 unspecified atom stereocenters. The maximum atomic E-state index is 12.5. The Morgan fingerprint density at radius 2 is 0.910 bits per heavy atom. The second-order valence-electron chi connectivity index (χ2n) is 21.6. The van der Waals surface area contributed by atoms with Gasteiger partial charge in [-0.25, -0.2) is 58.9 Å². The molecule has 78 heavy (non-hydrogen) atoms. The molecule has 4 aliphatic carbocycles. The molecule has 0 N–H and O–H groups in total. The standard InChI is InChI=1S/C39H68O32S7/c1-20(2)7-6-8-21(3)25-11-12-26-24-10-9-22-17-23(13-15-38(22,4)27(24)14-16-39(25,26)5)63-36-34(70-77(55,56)57)32(68-75(49,50)51)30(28(64-36)18-61-72(40,41)42)66-37-35(71-78(58,59)60)33(69-76(52,53)54)31(67-74(46,47)48)29(65-37)19-62-73(43,44)45/h20-37H,6-19H2,1-5H3,(H,40,41,42)(H,43,44,45)(H,46,47,48)(H,49,50,51)(H,52,53,54)(H,55,56,57)(H,58,59,60)/p-7/t21-,22+,23+,24+,25-,26+,27+,28-,29-,30-,31-,32+,33+,34-,35-,36-,37+,38+,39-/m1/s1. The van der Waals surface area contributed by atoms with E-state index in [1.807, 2.05) is 0 Å². The molecule has 0 aromatic rings. The third-order valence-electron chi connectivity index (χ3n) is 16.5. The van der Waals surface area contributed by atoms with Crippen LogP contribution in [0, 0.1) is 52.3 Å². The number of hydrogen-bond donors (Lipinski definition) is 0. The third-order valence-corrected chi connectivity index (χ3v) is 19.7. The summed E-state index contributed by atoms with van der Waals surface area (Å²) in [4.78, 5) is 0. The highest BCUT2D eigenvalue weighted by atomic mass is 32.3. The number of hydrogen-bond acceptors (Lipinski definition) is 32. The zero-order chi connectivity index (χ0) is 58.6. The van der Waals surface area contributed by atoms with E-state index in [2.05, 4.69) is 63.9 Å².